The van der Waals surface area contributed by atoms with Crippen molar-refractivity contribution in [1.29, 1.82) is 0 Å². The molecule has 15 heavy (non-hydrogen) atoms. The second-order valence-corrected chi connectivity index (χ2v) is 3.92. The molecule has 0 radical (unpaired) electrons. The van der Waals surface area contributed by atoms with E-state index in [2.05, 4.69) is 17.4 Å². The molecule has 1 fully saturated rings. The molecule has 0 unspecified atom stereocenters. The maximum atomic E-state index is 5.27. The maximum absolute atomic E-state index is 5.27. The summed E-state index contributed by atoms with van der Waals surface area (Å²) < 4.78 is 10.5. The van der Waals surface area contributed by atoms with Crippen LogP contribution in [-0.2, 0) is 6.42 Å². The lowest BCUT2D eigenvalue weighted by molar-refractivity contribution is 0.341. The van der Waals surface area contributed by atoms with Gasteiger partial charge in [0.05, 0.1) is 14.2 Å². The number of ether oxygens (including phenoxy) is 2. The highest BCUT2D eigenvalue weighted by Crippen LogP contribution is 2.28. The fraction of sp³-hybridized carbons (Fsp3) is 0.500. The van der Waals surface area contributed by atoms with Crippen LogP contribution >= 0.6 is 0 Å². The van der Waals surface area contributed by atoms with Crippen LogP contribution < -0.4 is 14.8 Å². The summed E-state index contributed by atoms with van der Waals surface area (Å²) in [6, 6.07) is 6.15. The van der Waals surface area contributed by atoms with Gasteiger partial charge in [0.1, 0.15) is 0 Å². The van der Waals surface area contributed by atoms with Crippen molar-refractivity contribution in [2.75, 3.05) is 27.3 Å². The van der Waals surface area contributed by atoms with Gasteiger partial charge < -0.3 is 14.8 Å². The van der Waals surface area contributed by atoms with Crippen LogP contribution in [0, 0.1) is 5.92 Å². The molecule has 2 rings (SSSR count). The molecule has 1 heterocycles. The van der Waals surface area contributed by atoms with Gasteiger partial charge in [0.25, 0.3) is 0 Å². The lowest BCUT2D eigenvalue weighted by Crippen LogP contribution is -2.43. The summed E-state index contributed by atoms with van der Waals surface area (Å²) in [4.78, 5) is 0. The van der Waals surface area contributed by atoms with Crippen molar-refractivity contribution in [2.24, 2.45) is 5.92 Å². The topological polar surface area (TPSA) is 30.5 Å². The van der Waals surface area contributed by atoms with Crippen LogP contribution in [0.15, 0.2) is 18.2 Å². The highest BCUT2D eigenvalue weighted by molar-refractivity contribution is 5.43. The van der Waals surface area contributed by atoms with E-state index in [1.54, 1.807) is 14.2 Å². The van der Waals surface area contributed by atoms with Crippen molar-refractivity contribution in [3.63, 3.8) is 0 Å². The molecule has 1 aromatic rings. The molecule has 0 atom stereocenters. The third kappa shape index (κ3) is 2.23. The highest BCUT2D eigenvalue weighted by Gasteiger charge is 2.17. The first-order valence-electron chi connectivity index (χ1n) is 5.25. The second kappa shape index (κ2) is 4.53. The van der Waals surface area contributed by atoms with E-state index in [-0.39, 0.29) is 0 Å². The Hall–Kier alpha value is -1.22. The Labute approximate surface area is 90.4 Å². The molecule has 1 aliphatic heterocycles. The first kappa shape index (κ1) is 10.3. The standard InChI is InChI=1S/C12H17NO2/c1-14-11-4-3-9(6-12(11)15-2)5-10-7-13-8-10/h3-4,6,10,13H,5,7-8H2,1-2H3. The van der Waals surface area contributed by atoms with E-state index < -0.39 is 0 Å². The quantitative estimate of drug-likeness (QED) is 0.811. The Morgan fingerprint density at radius 1 is 1.20 bits per heavy atom. The first-order valence-corrected chi connectivity index (χ1v) is 5.25. The predicted octanol–water partition coefficient (Wildman–Crippen LogP) is 1.47. The Balaban J connectivity index is 2.10. The Morgan fingerprint density at radius 2 is 1.93 bits per heavy atom. The largest absolute Gasteiger partial charge is 0.493 e. The molecule has 1 aromatic carbocycles. The zero-order valence-corrected chi connectivity index (χ0v) is 9.25. The molecule has 82 valence electrons. The molecule has 3 heteroatoms. The van der Waals surface area contributed by atoms with E-state index in [1.165, 1.54) is 5.56 Å². The number of hydrogen-bond acceptors (Lipinski definition) is 3. The molecular formula is C12H17NO2. The molecule has 0 aromatic heterocycles. The van der Waals surface area contributed by atoms with Crippen molar-refractivity contribution >= 4 is 0 Å². The fourth-order valence-electron chi connectivity index (χ4n) is 1.83. The minimum absolute atomic E-state index is 0.781. The summed E-state index contributed by atoms with van der Waals surface area (Å²) in [5.41, 5.74) is 1.32. The number of methoxy groups -OCH3 is 2. The molecular weight excluding hydrogens is 190 g/mol. The van der Waals surface area contributed by atoms with Gasteiger partial charge in [-0.05, 0) is 43.1 Å². The van der Waals surface area contributed by atoms with Gasteiger partial charge in [0.15, 0.2) is 11.5 Å². The van der Waals surface area contributed by atoms with Crippen LogP contribution in [0.25, 0.3) is 0 Å². The van der Waals surface area contributed by atoms with Gasteiger partial charge in [-0.25, -0.2) is 0 Å². The van der Waals surface area contributed by atoms with Crippen LogP contribution in [0.5, 0.6) is 11.5 Å². The minimum atomic E-state index is 0.781. The summed E-state index contributed by atoms with van der Waals surface area (Å²) in [5.74, 6) is 2.40. The first-order chi connectivity index (χ1) is 7.33. The summed E-state index contributed by atoms with van der Waals surface area (Å²) in [6.45, 7) is 2.27. The molecule has 0 bridgehead atoms. The van der Waals surface area contributed by atoms with Gasteiger partial charge in [0, 0.05) is 0 Å². The van der Waals surface area contributed by atoms with Crippen molar-refractivity contribution in [1.82, 2.24) is 5.32 Å². The summed E-state index contributed by atoms with van der Waals surface area (Å²) in [6.07, 6.45) is 1.12. The number of rotatable bonds is 4. The lowest BCUT2D eigenvalue weighted by Gasteiger charge is -2.27. The Morgan fingerprint density at radius 3 is 2.47 bits per heavy atom. The Bertz CT molecular complexity index is 334. The third-order valence-corrected chi connectivity index (χ3v) is 2.84. The van der Waals surface area contributed by atoms with Crippen LogP contribution in [0.3, 0.4) is 0 Å². The van der Waals surface area contributed by atoms with Gasteiger partial charge >= 0.3 is 0 Å². The molecule has 1 aliphatic rings. The van der Waals surface area contributed by atoms with E-state index in [1.807, 2.05) is 6.07 Å². The van der Waals surface area contributed by atoms with Crippen LogP contribution in [0.2, 0.25) is 0 Å². The maximum Gasteiger partial charge on any atom is 0.160 e. The van der Waals surface area contributed by atoms with Crippen molar-refractivity contribution < 1.29 is 9.47 Å². The van der Waals surface area contributed by atoms with Crippen LogP contribution in [0.1, 0.15) is 5.56 Å². The third-order valence-electron chi connectivity index (χ3n) is 2.84. The average Bonchev–Trinajstić information content (AvgIpc) is 2.23. The number of benzene rings is 1. The van der Waals surface area contributed by atoms with E-state index in [0.717, 1.165) is 36.9 Å². The second-order valence-electron chi connectivity index (χ2n) is 3.92. The monoisotopic (exact) mass is 207 g/mol. The van der Waals surface area contributed by atoms with E-state index >= 15 is 0 Å². The van der Waals surface area contributed by atoms with Gasteiger partial charge in [-0.1, -0.05) is 6.07 Å². The van der Waals surface area contributed by atoms with Gasteiger partial charge in [0.2, 0.25) is 0 Å². The molecule has 3 nitrogen and oxygen atoms in total. The van der Waals surface area contributed by atoms with Gasteiger partial charge in [-0.2, -0.15) is 0 Å². The highest BCUT2D eigenvalue weighted by atomic mass is 16.5. The fourth-order valence-corrected chi connectivity index (χ4v) is 1.83. The normalized spacial score (nSPS) is 15.9. The summed E-state index contributed by atoms with van der Waals surface area (Å²) in [7, 11) is 3.33. The minimum Gasteiger partial charge on any atom is -0.493 e. The molecule has 1 N–H and O–H groups in total. The van der Waals surface area contributed by atoms with Crippen molar-refractivity contribution in [3.05, 3.63) is 23.8 Å². The lowest BCUT2D eigenvalue weighted by atomic mass is 9.94. The zero-order chi connectivity index (χ0) is 10.7. The van der Waals surface area contributed by atoms with Gasteiger partial charge in [-0.3, -0.25) is 0 Å². The SMILES string of the molecule is COc1ccc(CC2CNC2)cc1OC. The van der Waals surface area contributed by atoms with Crippen LogP contribution in [0.4, 0.5) is 0 Å². The molecule has 0 saturated carbocycles. The summed E-state index contributed by atoms with van der Waals surface area (Å²) >= 11 is 0. The van der Waals surface area contributed by atoms with E-state index in [0.29, 0.717) is 0 Å². The van der Waals surface area contributed by atoms with E-state index in [9.17, 15) is 0 Å². The molecule has 0 spiro atoms. The summed E-state index contributed by atoms with van der Waals surface area (Å²) in [5, 5.41) is 3.28. The molecule has 0 amide bonds. The molecule has 1 saturated heterocycles. The average molecular weight is 207 g/mol. The van der Waals surface area contributed by atoms with Gasteiger partial charge in [-0.15, -0.1) is 0 Å². The predicted molar refractivity (Wildman–Crippen MR) is 59.6 cm³/mol. The van der Waals surface area contributed by atoms with E-state index in [4.69, 9.17) is 9.47 Å². The smallest absolute Gasteiger partial charge is 0.160 e. The Kier molecular flexibility index (Phi) is 3.11. The van der Waals surface area contributed by atoms with Crippen molar-refractivity contribution in [3.8, 4) is 11.5 Å². The van der Waals surface area contributed by atoms with Crippen LogP contribution in [-0.4, -0.2) is 27.3 Å². The number of nitrogens with one attached hydrogen (secondary N) is 1. The zero-order valence-electron chi connectivity index (χ0n) is 9.25. The molecule has 0 aliphatic carbocycles. The van der Waals surface area contributed by atoms with Crippen molar-refractivity contribution in [2.45, 2.75) is 6.42 Å². The number of hydrogen-bond donors (Lipinski definition) is 1.